The fraction of sp³-hybridized carbons (Fsp3) is 0.0800. The molecular formula is C25H21N7O2. The number of aromatic amines is 1. The molecular weight excluding hydrogens is 430 g/mol. The summed E-state index contributed by atoms with van der Waals surface area (Å²) in [7, 11) is 0. The molecule has 34 heavy (non-hydrogen) atoms. The number of nitrogens with zero attached hydrogens (tertiary/aromatic N) is 5. The number of rotatable bonds is 6. The van der Waals surface area contributed by atoms with E-state index in [0.717, 1.165) is 16.8 Å². The Balaban J connectivity index is 1.43. The van der Waals surface area contributed by atoms with Crippen molar-refractivity contribution in [2.24, 2.45) is 4.99 Å². The van der Waals surface area contributed by atoms with Gasteiger partial charge in [-0.3, -0.25) is 24.7 Å². The van der Waals surface area contributed by atoms with Gasteiger partial charge in [-0.1, -0.05) is 48.5 Å². The van der Waals surface area contributed by atoms with Crippen molar-refractivity contribution in [2.75, 3.05) is 10.2 Å². The number of aliphatic imine (C=N–C) groups is 1. The van der Waals surface area contributed by atoms with Gasteiger partial charge in [0.15, 0.2) is 0 Å². The number of amides is 1. The Morgan fingerprint density at radius 2 is 1.68 bits per heavy atom. The molecule has 3 heterocycles. The highest BCUT2D eigenvalue weighted by atomic mass is 16.2. The Bertz CT molecular complexity index is 1390. The molecule has 0 fully saturated rings. The molecule has 2 aromatic heterocycles. The number of pyridine rings is 1. The summed E-state index contributed by atoms with van der Waals surface area (Å²) in [4.78, 5) is 36.1. The summed E-state index contributed by atoms with van der Waals surface area (Å²) < 4.78 is 1.39. The average molecular weight is 451 g/mol. The molecule has 0 saturated carbocycles. The van der Waals surface area contributed by atoms with Gasteiger partial charge in [-0.15, -0.1) is 5.10 Å². The SMILES string of the molecule is O=C(Nc1n[nH]c(=O)n1Cc1ccccc1)C1C=NC(c2ccncc2)=CN1c1ccccc1. The van der Waals surface area contributed by atoms with Crippen molar-refractivity contribution in [1.82, 2.24) is 19.7 Å². The van der Waals surface area contributed by atoms with Crippen molar-refractivity contribution < 1.29 is 4.79 Å². The first-order chi connectivity index (χ1) is 16.7. The van der Waals surface area contributed by atoms with Crippen LogP contribution in [0.15, 0.2) is 101 Å². The van der Waals surface area contributed by atoms with Crippen LogP contribution in [-0.4, -0.2) is 37.9 Å². The molecule has 2 aromatic carbocycles. The second-order valence-corrected chi connectivity index (χ2v) is 7.63. The van der Waals surface area contributed by atoms with E-state index < -0.39 is 11.7 Å². The van der Waals surface area contributed by atoms with Crippen LogP contribution in [0.25, 0.3) is 5.70 Å². The highest BCUT2D eigenvalue weighted by molar-refractivity contribution is 6.09. The Morgan fingerprint density at radius 3 is 2.41 bits per heavy atom. The van der Waals surface area contributed by atoms with Crippen LogP contribution in [-0.2, 0) is 11.3 Å². The van der Waals surface area contributed by atoms with Gasteiger partial charge in [0.2, 0.25) is 5.95 Å². The Hall–Kier alpha value is -4.79. The first-order valence-electron chi connectivity index (χ1n) is 10.7. The maximum atomic E-state index is 13.4. The molecule has 0 saturated heterocycles. The first-order valence-corrected chi connectivity index (χ1v) is 10.7. The molecule has 9 nitrogen and oxygen atoms in total. The van der Waals surface area contributed by atoms with Gasteiger partial charge in [-0.05, 0) is 29.8 Å². The minimum atomic E-state index is -0.745. The maximum absolute atomic E-state index is 13.4. The van der Waals surface area contributed by atoms with E-state index in [9.17, 15) is 9.59 Å². The van der Waals surface area contributed by atoms with Crippen LogP contribution in [0.4, 0.5) is 11.6 Å². The van der Waals surface area contributed by atoms with Gasteiger partial charge in [0.05, 0.1) is 12.2 Å². The summed E-state index contributed by atoms with van der Waals surface area (Å²) in [5.74, 6) is -0.227. The van der Waals surface area contributed by atoms with E-state index in [0.29, 0.717) is 5.70 Å². The van der Waals surface area contributed by atoms with Crippen molar-refractivity contribution >= 4 is 29.5 Å². The highest BCUT2D eigenvalue weighted by Gasteiger charge is 2.28. The van der Waals surface area contributed by atoms with Crippen molar-refractivity contribution in [3.8, 4) is 0 Å². The number of hydrogen-bond acceptors (Lipinski definition) is 6. The number of nitrogens with one attached hydrogen (secondary N) is 2. The van der Waals surface area contributed by atoms with Gasteiger partial charge in [0.25, 0.3) is 5.91 Å². The van der Waals surface area contributed by atoms with Crippen LogP contribution in [0.2, 0.25) is 0 Å². The zero-order chi connectivity index (χ0) is 23.3. The summed E-state index contributed by atoms with van der Waals surface area (Å²) >= 11 is 0. The number of para-hydroxylation sites is 1. The van der Waals surface area contributed by atoms with Gasteiger partial charge in [0, 0.05) is 36.1 Å². The number of aromatic nitrogens is 4. The van der Waals surface area contributed by atoms with Gasteiger partial charge in [-0.2, -0.15) is 0 Å². The lowest BCUT2D eigenvalue weighted by Gasteiger charge is -2.30. The van der Waals surface area contributed by atoms with Gasteiger partial charge < -0.3 is 4.90 Å². The minimum absolute atomic E-state index is 0.143. The molecule has 0 spiro atoms. The van der Waals surface area contributed by atoms with Gasteiger partial charge in [0.1, 0.15) is 6.04 Å². The predicted molar refractivity (Wildman–Crippen MR) is 130 cm³/mol. The number of hydrogen-bond donors (Lipinski definition) is 2. The van der Waals surface area contributed by atoms with Crippen molar-refractivity contribution in [3.05, 3.63) is 113 Å². The van der Waals surface area contributed by atoms with Crippen LogP contribution in [0.1, 0.15) is 11.1 Å². The summed E-state index contributed by atoms with van der Waals surface area (Å²) in [6.07, 6.45) is 6.81. The Kier molecular flexibility index (Phi) is 5.81. The molecule has 168 valence electrons. The zero-order valence-electron chi connectivity index (χ0n) is 18.1. The lowest BCUT2D eigenvalue weighted by Crippen LogP contribution is -2.44. The monoisotopic (exact) mass is 451 g/mol. The third kappa shape index (κ3) is 4.40. The molecule has 0 radical (unpaired) electrons. The first kappa shape index (κ1) is 21.1. The molecule has 1 amide bonds. The van der Waals surface area contributed by atoms with E-state index in [1.807, 2.05) is 83.9 Å². The van der Waals surface area contributed by atoms with Gasteiger partial charge >= 0.3 is 5.69 Å². The highest BCUT2D eigenvalue weighted by Crippen LogP contribution is 2.26. The van der Waals surface area contributed by atoms with Gasteiger partial charge in [-0.25, -0.2) is 9.89 Å². The largest absolute Gasteiger partial charge is 0.345 e. The standard InChI is InChI=1S/C25H21N7O2/c33-23(28-24-29-30-25(34)32(24)16-18-7-3-1-4-8-18)22-15-27-21(19-11-13-26-14-12-19)17-31(22)20-9-5-2-6-10-20/h1-15,17,22H,16H2,(H,30,34)(H,28,29,33). The number of anilines is 2. The number of H-pyrrole nitrogens is 1. The third-order valence-corrected chi connectivity index (χ3v) is 5.39. The summed E-state index contributed by atoms with van der Waals surface area (Å²) in [5, 5.41) is 9.22. The molecule has 0 aliphatic carbocycles. The van der Waals surface area contributed by atoms with Crippen molar-refractivity contribution in [2.45, 2.75) is 12.6 Å². The van der Waals surface area contributed by atoms with Crippen molar-refractivity contribution in [1.29, 1.82) is 0 Å². The fourth-order valence-corrected chi connectivity index (χ4v) is 3.68. The Labute approximate surface area is 195 Å². The number of carbonyl (C=O) groups excluding carboxylic acids is 1. The van der Waals surface area contributed by atoms with Crippen LogP contribution < -0.4 is 15.9 Å². The topological polar surface area (TPSA) is 108 Å². The lowest BCUT2D eigenvalue weighted by atomic mass is 10.1. The number of carbonyl (C=O) groups is 1. The van der Waals surface area contributed by atoms with Crippen LogP contribution in [0.3, 0.4) is 0 Å². The molecule has 4 aromatic rings. The van der Waals surface area contributed by atoms with E-state index in [4.69, 9.17) is 0 Å². The molecule has 1 unspecified atom stereocenters. The third-order valence-electron chi connectivity index (χ3n) is 5.39. The zero-order valence-corrected chi connectivity index (χ0v) is 18.1. The molecule has 1 aliphatic rings. The quantitative estimate of drug-likeness (QED) is 0.469. The summed E-state index contributed by atoms with van der Waals surface area (Å²) in [6, 6.07) is 22.0. The van der Waals surface area contributed by atoms with Crippen molar-refractivity contribution in [3.63, 3.8) is 0 Å². The predicted octanol–water partition coefficient (Wildman–Crippen LogP) is 2.91. The van der Waals surface area contributed by atoms with Crippen LogP contribution in [0.5, 0.6) is 0 Å². The minimum Gasteiger partial charge on any atom is -0.328 e. The fourth-order valence-electron chi connectivity index (χ4n) is 3.68. The maximum Gasteiger partial charge on any atom is 0.345 e. The lowest BCUT2D eigenvalue weighted by molar-refractivity contribution is -0.116. The Morgan fingerprint density at radius 1 is 0.971 bits per heavy atom. The average Bonchev–Trinajstić information content (AvgIpc) is 3.23. The van der Waals surface area contributed by atoms with Crippen LogP contribution >= 0.6 is 0 Å². The molecule has 5 rings (SSSR count). The summed E-state index contributed by atoms with van der Waals surface area (Å²) in [6.45, 7) is 0.277. The van der Waals surface area contributed by atoms with E-state index in [-0.39, 0.29) is 18.4 Å². The van der Waals surface area contributed by atoms with Crippen LogP contribution in [0, 0.1) is 0 Å². The smallest absolute Gasteiger partial charge is 0.328 e. The van der Waals surface area contributed by atoms with E-state index in [1.165, 1.54) is 4.57 Å². The second-order valence-electron chi connectivity index (χ2n) is 7.63. The number of benzene rings is 2. The summed E-state index contributed by atoms with van der Waals surface area (Å²) in [5.41, 5.74) is 2.92. The molecule has 1 aliphatic heterocycles. The molecule has 0 bridgehead atoms. The normalized spacial score (nSPS) is 15.1. The van der Waals surface area contributed by atoms with E-state index in [2.05, 4.69) is 25.5 Å². The van der Waals surface area contributed by atoms with E-state index >= 15 is 0 Å². The second kappa shape index (κ2) is 9.37. The van der Waals surface area contributed by atoms with E-state index in [1.54, 1.807) is 18.6 Å². The molecule has 9 heteroatoms. The molecule has 1 atom stereocenters. The molecule has 2 N–H and O–H groups in total.